The molecule has 112 valence electrons. The molecule has 1 unspecified atom stereocenters. The first-order chi connectivity index (χ1) is 9.45. The van der Waals surface area contributed by atoms with Crippen molar-refractivity contribution in [2.75, 3.05) is 13.2 Å². The van der Waals surface area contributed by atoms with E-state index in [0.717, 1.165) is 18.6 Å². The minimum atomic E-state index is -0.771. The lowest BCUT2D eigenvalue weighted by molar-refractivity contribution is -0.126. The van der Waals surface area contributed by atoms with Crippen molar-refractivity contribution >= 4 is 5.91 Å². The summed E-state index contributed by atoms with van der Waals surface area (Å²) in [6.07, 6.45) is 2.36. The van der Waals surface area contributed by atoms with Crippen LogP contribution in [0.1, 0.15) is 38.7 Å². The van der Waals surface area contributed by atoms with Gasteiger partial charge < -0.3 is 15.8 Å². The predicted molar refractivity (Wildman–Crippen MR) is 81.8 cm³/mol. The Bertz CT molecular complexity index is 413. The molecule has 0 aliphatic carbocycles. The first kappa shape index (κ1) is 16.5. The van der Waals surface area contributed by atoms with Crippen molar-refractivity contribution < 1.29 is 9.53 Å². The van der Waals surface area contributed by atoms with Crippen LogP contribution in [-0.4, -0.2) is 24.6 Å². The van der Waals surface area contributed by atoms with Crippen LogP contribution in [0.3, 0.4) is 0 Å². The summed E-state index contributed by atoms with van der Waals surface area (Å²) in [6.45, 7) is 7.00. The third-order valence-electron chi connectivity index (χ3n) is 3.18. The van der Waals surface area contributed by atoms with E-state index in [9.17, 15) is 4.79 Å². The van der Waals surface area contributed by atoms with Gasteiger partial charge in [-0.2, -0.15) is 0 Å². The lowest BCUT2D eigenvalue weighted by atomic mass is 9.96. The molecule has 0 saturated carbocycles. The molecule has 3 N–H and O–H groups in total. The van der Waals surface area contributed by atoms with Gasteiger partial charge in [-0.15, -0.1) is 0 Å². The second-order valence-corrected chi connectivity index (χ2v) is 5.44. The van der Waals surface area contributed by atoms with Gasteiger partial charge in [0.05, 0.1) is 12.1 Å². The normalized spacial score (nSPS) is 13.6. The van der Waals surface area contributed by atoms with Crippen molar-refractivity contribution in [3.05, 3.63) is 29.8 Å². The molecule has 1 amide bonds. The molecule has 0 fully saturated rings. The van der Waals surface area contributed by atoms with Gasteiger partial charge in [-0.25, -0.2) is 0 Å². The number of hydrogen-bond acceptors (Lipinski definition) is 3. The van der Waals surface area contributed by atoms with Gasteiger partial charge in [0.1, 0.15) is 5.75 Å². The highest BCUT2D eigenvalue weighted by Crippen LogP contribution is 2.11. The molecular weight excluding hydrogens is 252 g/mol. The van der Waals surface area contributed by atoms with Gasteiger partial charge in [-0.1, -0.05) is 31.0 Å². The minimum Gasteiger partial charge on any atom is -0.494 e. The number of hydrogen-bond donors (Lipinski definition) is 2. The summed E-state index contributed by atoms with van der Waals surface area (Å²) in [6, 6.07) is 7.93. The smallest absolute Gasteiger partial charge is 0.239 e. The standard InChI is InChI=1S/C16H26N2O2/c1-4-10-16(3,17)15(19)18-11-5-12-20-14-8-6-13(2)7-9-14/h6-9H,4-5,10-12,17H2,1-3H3,(H,18,19). The number of ether oxygens (including phenoxy) is 1. The Morgan fingerprint density at radius 1 is 1.35 bits per heavy atom. The molecule has 0 saturated heterocycles. The van der Waals surface area contributed by atoms with Gasteiger partial charge in [-0.3, -0.25) is 4.79 Å². The molecule has 0 aliphatic rings. The highest BCUT2D eigenvalue weighted by molar-refractivity contribution is 5.85. The summed E-state index contributed by atoms with van der Waals surface area (Å²) in [5.41, 5.74) is 6.39. The van der Waals surface area contributed by atoms with Crippen LogP contribution < -0.4 is 15.8 Å². The van der Waals surface area contributed by atoms with Crippen molar-refractivity contribution in [2.24, 2.45) is 5.73 Å². The van der Waals surface area contributed by atoms with Gasteiger partial charge in [-0.05, 0) is 38.8 Å². The zero-order valence-electron chi connectivity index (χ0n) is 12.7. The van der Waals surface area contributed by atoms with E-state index in [1.807, 2.05) is 38.1 Å². The second-order valence-electron chi connectivity index (χ2n) is 5.44. The summed E-state index contributed by atoms with van der Waals surface area (Å²) >= 11 is 0. The lowest BCUT2D eigenvalue weighted by Gasteiger charge is -2.22. The lowest BCUT2D eigenvalue weighted by Crippen LogP contribution is -2.51. The van der Waals surface area contributed by atoms with Crippen LogP contribution in [0, 0.1) is 6.92 Å². The number of carbonyl (C=O) groups is 1. The van der Waals surface area contributed by atoms with Gasteiger partial charge in [0.25, 0.3) is 0 Å². The molecule has 0 heterocycles. The van der Waals surface area contributed by atoms with Crippen LogP contribution >= 0.6 is 0 Å². The van der Waals surface area contributed by atoms with Crippen molar-refractivity contribution in [2.45, 2.75) is 45.6 Å². The first-order valence-electron chi connectivity index (χ1n) is 7.22. The minimum absolute atomic E-state index is 0.0883. The van der Waals surface area contributed by atoms with Crippen molar-refractivity contribution in [1.29, 1.82) is 0 Å². The molecule has 0 aromatic heterocycles. The molecular formula is C16H26N2O2. The van der Waals surface area contributed by atoms with E-state index in [0.29, 0.717) is 19.6 Å². The number of aryl methyl sites for hydroxylation is 1. The van der Waals surface area contributed by atoms with Gasteiger partial charge in [0, 0.05) is 6.54 Å². The van der Waals surface area contributed by atoms with Crippen LogP contribution in [0.25, 0.3) is 0 Å². The number of nitrogens with one attached hydrogen (secondary N) is 1. The highest BCUT2D eigenvalue weighted by Gasteiger charge is 2.26. The largest absolute Gasteiger partial charge is 0.494 e. The first-order valence-corrected chi connectivity index (χ1v) is 7.22. The van der Waals surface area contributed by atoms with E-state index >= 15 is 0 Å². The molecule has 0 spiro atoms. The van der Waals surface area contributed by atoms with E-state index in [-0.39, 0.29) is 5.91 Å². The molecule has 4 nitrogen and oxygen atoms in total. The van der Waals surface area contributed by atoms with Crippen LogP contribution in [0.15, 0.2) is 24.3 Å². The average Bonchev–Trinajstić information content (AvgIpc) is 2.40. The Morgan fingerprint density at radius 2 is 2.00 bits per heavy atom. The Hall–Kier alpha value is -1.55. The molecule has 0 aliphatic heterocycles. The van der Waals surface area contributed by atoms with Crippen molar-refractivity contribution in [3.63, 3.8) is 0 Å². The Kier molecular flexibility index (Phi) is 6.52. The Morgan fingerprint density at radius 3 is 2.60 bits per heavy atom. The molecule has 4 heteroatoms. The Balaban J connectivity index is 2.19. The van der Waals surface area contributed by atoms with Crippen LogP contribution in [0.5, 0.6) is 5.75 Å². The van der Waals surface area contributed by atoms with E-state index in [1.165, 1.54) is 5.56 Å². The van der Waals surface area contributed by atoms with Crippen LogP contribution in [0.2, 0.25) is 0 Å². The predicted octanol–water partition coefficient (Wildman–Crippen LogP) is 2.40. The van der Waals surface area contributed by atoms with Crippen LogP contribution in [-0.2, 0) is 4.79 Å². The maximum atomic E-state index is 11.8. The maximum Gasteiger partial charge on any atom is 0.239 e. The molecule has 1 rings (SSSR count). The summed E-state index contributed by atoms with van der Waals surface area (Å²) in [5.74, 6) is 0.770. The average molecular weight is 278 g/mol. The van der Waals surface area contributed by atoms with E-state index in [4.69, 9.17) is 10.5 Å². The molecule has 0 radical (unpaired) electrons. The Labute approximate surface area is 121 Å². The molecule has 1 aromatic rings. The quantitative estimate of drug-likeness (QED) is 0.718. The number of benzene rings is 1. The number of nitrogens with two attached hydrogens (primary N) is 1. The zero-order valence-corrected chi connectivity index (χ0v) is 12.7. The highest BCUT2D eigenvalue weighted by atomic mass is 16.5. The SMILES string of the molecule is CCCC(C)(N)C(=O)NCCCOc1ccc(C)cc1. The summed E-state index contributed by atoms with van der Waals surface area (Å²) in [7, 11) is 0. The van der Waals surface area contributed by atoms with E-state index in [2.05, 4.69) is 5.32 Å². The second kappa shape index (κ2) is 7.90. The van der Waals surface area contributed by atoms with Gasteiger partial charge in [0.2, 0.25) is 5.91 Å². The molecule has 0 bridgehead atoms. The van der Waals surface area contributed by atoms with Crippen molar-refractivity contribution in [1.82, 2.24) is 5.32 Å². The molecule has 1 aromatic carbocycles. The summed E-state index contributed by atoms with van der Waals surface area (Å²) < 4.78 is 5.59. The third-order valence-corrected chi connectivity index (χ3v) is 3.18. The fraction of sp³-hybridized carbons (Fsp3) is 0.562. The van der Waals surface area contributed by atoms with Gasteiger partial charge >= 0.3 is 0 Å². The molecule has 1 atom stereocenters. The fourth-order valence-electron chi connectivity index (χ4n) is 1.93. The van der Waals surface area contributed by atoms with Gasteiger partial charge in [0.15, 0.2) is 0 Å². The monoisotopic (exact) mass is 278 g/mol. The van der Waals surface area contributed by atoms with E-state index in [1.54, 1.807) is 6.92 Å². The van der Waals surface area contributed by atoms with Crippen LogP contribution in [0.4, 0.5) is 0 Å². The van der Waals surface area contributed by atoms with Crippen molar-refractivity contribution in [3.8, 4) is 5.75 Å². The van der Waals surface area contributed by atoms with E-state index < -0.39 is 5.54 Å². The third kappa shape index (κ3) is 5.61. The number of rotatable bonds is 8. The summed E-state index contributed by atoms with van der Waals surface area (Å²) in [5, 5.41) is 2.86. The number of amides is 1. The maximum absolute atomic E-state index is 11.8. The topological polar surface area (TPSA) is 64.4 Å². The molecule has 20 heavy (non-hydrogen) atoms. The summed E-state index contributed by atoms with van der Waals surface area (Å²) in [4.78, 5) is 11.8. The zero-order chi connectivity index (χ0) is 15.0. The fourth-order valence-corrected chi connectivity index (χ4v) is 1.93. The number of carbonyl (C=O) groups excluding carboxylic acids is 1.